The van der Waals surface area contributed by atoms with Crippen molar-refractivity contribution in [2.75, 3.05) is 7.05 Å². The Hall–Kier alpha value is -0.900. The number of aromatic nitrogens is 1. The first-order valence-corrected chi connectivity index (χ1v) is 7.18. The van der Waals surface area contributed by atoms with Crippen molar-refractivity contribution in [2.24, 2.45) is 0 Å². The maximum absolute atomic E-state index is 6.18. The molecule has 1 aromatic carbocycles. The Bertz CT molecular complexity index is 536. The SMILES string of the molecule is CNC(C)c1sc(Cc2ccccc2Cl)nc1C. The highest BCUT2D eigenvalue weighted by molar-refractivity contribution is 7.11. The molecule has 1 atom stereocenters. The normalized spacial score (nSPS) is 12.7. The summed E-state index contributed by atoms with van der Waals surface area (Å²) in [6, 6.07) is 8.29. The van der Waals surface area contributed by atoms with Crippen LogP contribution in [0.3, 0.4) is 0 Å². The molecular weight excluding hydrogens is 264 g/mol. The second-order valence-corrected chi connectivity index (χ2v) is 5.86. The molecule has 2 aromatic rings. The predicted octanol–water partition coefficient (Wildman–Crippen LogP) is 3.98. The molecule has 0 bridgehead atoms. The number of nitrogens with zero attached hydrogens (tertiary/aromatic N) is 1. The molecule has 2 nitrogen and oxygen atoms in total. The molecule has 0 amide bonds. The Morgan fingerprint density at radius 1 is 1.39 bits per heavy atom. The summed E-state index contributed by atoms with van der Waals surface area (Å²) < 4.78 is 0. The van der Waals surface area contributed by atoms with Gasteiger partial charge in [0.1, 0.15) is 0 Å². The molecule has 0 saturated heterocycles. The van der Waals surface area contributed by atoms with Gasteiger partial charge >= 0.3 is 0 Å². The number of benzene rings is 1. The zero-order chi connectivity index (χ0) is 13.1. The van der Waals surface area contributed by atoms with E-state index in [1.165, 1.54) is 4.88 Å². The summed E-state index contributed by atoms with van der Waals surface area (Å²) in [6.07, 6.45) is 0.807. The largest absolute Gasteiger partial charge is 0.312 e. The average Bonchev–Trinajstić information content (AvgIpc) is 2.72. The maximum atomic E-state index is 6.18. The van der Waals surface area contributed by atoms with Crippen molar-refractivity contribution < 1.29 is 0 Å². The van der Waals surface area contributed by atoms with Gasteiger partial charge in [-0.05, 0) is 32.5 Å². The molecule has 0 radical (unpaired) electrons. The van der Waals surface area contributed by atoms with Gasteiger partial charge in [0.2, 0.25) is 0 Å². The van der Waals surface area contributed by atoms with Crippen molar-refractivity contribution in [3.8, 4) is 0 Å². The van der Waals surface area contributed by atoms with E-state index >= 15 is 0 Å². The lowest BCUT2D eigenvalue weighted by Crippen LogP contribution is -2.11. The highest BCUT2D eigenvalue weighted by Gasteiger charge is 2.13. The zero-order valence-electron chi connectivity index (χ0n) is 10.8. The van der Waals surface area contributed by atoms with Crippen molar-refractivity contribution in [2.45, 2.75) is 26.3 Å². The molecule has 0 fully saturated rings. The van der Waals surface area contributed by atoms with Crippen LogP contribution in [0.2, 0.25) is 5.02 Å². The van der Waals surface area contributed by atoms with E-state index in [0.717, 1.165) is 27.7 Å². The lowest BCUT2D eigenvalue weighted by atomic mass is 10.1. The molecule has 0 aliphatic carbocycles. The summed E-state index contributed by atoms with van der Waals surface area (Å²) in [6.45, 7) is 4.22. The van der Waals surface area contributed by atoms with E-state index in [1.807, 2.05) is 25.2 Å². The average molecular weight is 281 g/mol. The van der Waals surface area contributed by atoms with Crippen LogP contribution in [0.15, 0.2) is 24.3 Å². The van der Waals surface area contributed by atoms with Gasteiger partial charge in [0.05, 0.1) is 10.7 Å². The number of halogens is 1. The highest BCUT2D eigenvalue weighted by atomic mass is 35.5. The summed E-state index contributed by atoms with van der Waals surface area (Å²) in [5, 5.41) is 5.19. The second kappa shape index (κ2) is 5.83. The van der Waals surface area contributed by atoms with E-state index in [1.54, 1.807) is 11.3 Å². The molecule has 4 heteroatoms. The lowest BCUT2D eigenvalue weighted by molar-refractivity contribution is 0.658. The zero-order valence-corrected chi connectivity index (χ0v) is 12.4. The fourth-order valence-corrected chi connectivity index (χ4v) is 3.23. The maximum Gasteiger partial charge on any atom is 0.0975 e. The first-order valence-electron chi connectivity index (χ1n) is 5.98. The molecule has 0 aliphatic heterocycles. The van der Waals surface area contributed by atoms with Gasteiger partial charge < -0.3 is 5.32 Å². The van der Waals surface area contributed by atoms with Crippen LogP contribution in [0.1, 0.15) is 34.1 Å². The summed E-state index contributed by atoms with van der Waals surface area (Å²) in [4.78, 5) is 5.94. The number of hydrogen-bond donors (Lipinski definition) is 1. The highest BCUT2D eigenvalue weighted by Crippen LogP contribution is 2.27. The molecular formula is C14H17ClN2S. The molecule has 1 aromatic heterocycles. The molecule has 0 saturated carbocycles. The van der Waals surface area contributed by atoms with E-state index in [-0.39, 0.29) is 0 Å². The van der Waals surface area contributed by atoms with E-state index in [4.69, 9.17) is 11.6 Å². The van der Waals surface area contributed by atoms with Crippen molar-refractivity contribution in [3.05, 3.63) is 50.4 Å². The topological polar surface area (TPSA) is 24.9 Å². The number of thiazole rings is 1. The van der Waals surface area contributed by atoms with Crippen LogP contribution in [0.4, 0.5) is 0 Å². The van der Waals surface area contributed by atoms with Crippen LogP contribution in [0.5, 0.6) is 0 Å². The molecule has 1 heterocycles. The molecule has 2 rings (SSSR count). The minimum absolute atomic E-state index is 0.350. The smallest absolute Gasteiger partial charge is 0.0975 e. The Morgan fingerprint density at radius 2 is 2.11 bits per heavy atom. The van der Waals surface area contributed by atoms with Gasteiger partial charge in [-0.2, -0.15) is 0 Å². The van der Waals surface area contributed by atoms with Crippen molar-refractivity contribution >= 4 is 22.9 Å². The van der Waals surface area contributed by atoms with E-state index < -0.39 is 0 Å². The van der Waals surface area contributed by atoms with E-state index in [0.29, 0.717) is 6.04 Å². The van der Waals surface area contributed by atoms with Gasteiger partial charge in [0.25, 0.3) is 0 Å². The Morgan fingerprint density at radius 3 is 2.78 bits per heavy atom. The quantitative estimate of drug-likeness (QED) is 0.916. The van der Waals surface area contributed by atoms with Crippen molar-refractivity contribution in [3.63, 3.8) is 0 Å². The molecule has 1 unspecified atom stereocenters. The van der Waals surface area contributed by atoms with Gasteiger partial charge in [0.15, 0.2) is 0 Å². The lowest BCUT2D eigenvalue weighted by Gasteiger charge is -2.07. The van der Waals surface area contributed by atoms with E-state index in [2.05, 4.69) is 30.2 Å². The first kappa shape index (κ1) is 13.5. The fraction of sp³-hybridized carbons (Fsp3) is 0.357. The Labute approximate surface area is 117 Å². The van der Waals surface area contributed by atoms with Crippen LogP contribution >= 0.6 is 22.9 Å². The van der Waals surface area contributed by atoms with Crippen LogP contribution in [-0.4, -0.2) is 12.0 Å². The molecule has 0 spiro atoms. The molecule has 18 heavy (non-hydrogen) atoms. The number of nitrogens with one attached hydrogen (secondary N) is 1. The van der Waals surface area contributed by atoms with Gasteiger partial charge in [-0.1, -0.05) is 29.8 Å². The van der Waals surface area contributed by atoms with Gasteiger partial charge in [0, 0.05) is 22.4 Å². The van der Waals surface area contributed by atoms with Crippen molar-refractivity contribution in [1.29, 1.82) is 0 Å². The third kappa shape index (κ3) is 2.91. The first-order chi connectivity index (χ1) is 8.61. The number of hydrogen-bond acceptors (Lipinski definition) is 3. The summed E-state index contributed by atoms with van der Waals surface area (Å²) in [7, 11) is 1.97. The standard InChI is InChI=1S/C14H17ClN2S/c1-9(16-3)14-10(2)17-13(18-14)8-11-6-4-5-7-12(11)15/h4-7,9,16H,8H2,1-3H3. The third-order valence-corrected chi connectivity index (χ3v) is 4.71. The summed E-state index contributed by atoms with van der Waals surface area (Å²) >= 11 is 7.94. The van der Waals surface area contributed by atoms with Gasteiger partial charge in [-0.3, -0.25) is 0 Å². The van der Waals surface area contributed by atoms with Crippen molar-refractivity contribution in [1.82, 2.24) is 10.3 Å². The predicted molar refractivity (Wildman–Crippen MR) is 78.6 cm³/mol. The van der Waals surface area contributed by atoms with Crippen LogP contribution < -0.4 is 5.32 Å². The molecule has 0 aliphatic rings. The fourth-order valence-electron chi connectivity index (χ4n) is 1.88. The minimum Gasteiger partial charge on any atom is -0.312 e. The summed E-state index contributed by atoms with van der Waals surface area (Å²) in [5.41, 5.74) is 2.25. The second-order valence-electron chi connectivity index (χ2n) is 4.34. The molecule has 1 N–H and O–H groups in total. The Kier molecular flexibility index (Phi) is 4.38. The minimum atomic E-state index is 0.350. The monoisotopic (exact) mass is 280 g/mol. The number of aryl methyl sites for hydroxylation is 1. The Balaban J connectivity index is 2.23. The van der Waals surface area contributed by atoms with Crippen LogP contribution in [0, 0.1) is 6.92 Å². The van der Waals surface area contributed by atoms with E-state index in [9.17, 15) is 0 Å². The molecule has 96 valence electrons. The third-order valence-electron chi connectivity index (χ3n) is 3.00. The summed E-state index contributed by atoms with van der Waals surface area (Å²) in [5.74, 6) is 0. The number of rotatable bonds is 4. The van der Waals surface area contributed by atoms with Gasteiger partial charge in [-0.25, -0.2) is 4.98 Å². The van der Waals surface area contributed by atoms with Gasteiger partial charge in [-0.15, -0.1) is 11.3 Å². The van der Waals surface area contributed by atoms with Crippen LogP contribution in [-0.2, 0) is 6.42 Å². The van der Waals surface area contributed by atoms with Crippen LogP contribution in [0.25, 0.3) is 0 Å².